The van der Waals surface area contributed by atoms with Crippen molar-refractivity contribution in [2.24, 2.45) is 0 Å². The summed E-state index contributed by atoms with van der Waals surface area (Å²) in [6, 6.07) is 8.37. The Labute approximate surface area is 117 Å². The Hall–Kier alpha value is -1.06. The Bertz CT molecular complexity index is 337. The summed E-state index contributed by atoms with van der Waals surface area (Å²) >= 11 is 0. The number of unbranched alkanes of at least 4 members (excludes halogenated alkanes) is 2. The first-order chi connectivity index (χ1) is 9.22. The molecule has 0 radical (unpaired) electrons. The summed E-state index contributed by atoms with van der Waals surface area (Å²) in [4.78, 5) is 0. The molecule has 1 N–H and O–H groups in total. The van der Waals surface area contributed by atoms with Crippen LogP contribution in [0.4, 0.5) is 0 Å². The van der Waals surface area contributed by atoms with E-state index in [4.69, 9.17) is 9.47 Å². The molecule has 108 valence electrons. The minimum absolute atomic E-state index is 0.162. The first kappa shape index (κ1) is 16.0. The average molecular weight is 265 g/mol. The topological polar surface area (TPSA) is 30.5 Å². The second-order valence-electron chi connectivity index (χ2n) is 4.82. The molecule has 3 heteroatoms. The van der Waals surface area contributed by atoms with E-state index in [1.54, 1.807) is 7.11 Å². The molecule has 2 unspecified atom stereocenters. The maximum absolute atomic E-state index is 5.91. The molecule has 0 aromatic heterocycles. The highest BCUT2D eigenvalue weighted by Crippen LogP contribution is 2.21. The Morgan fingerprint density at radius 2 is 1.84 bits per heavy atom. The van der Waals surface area contributed by atoms with Gasteiger partial charge in [0.25, 0.3) is 0 Å². The van der Waals surface area contributed by atoms with Crippen molar-refractivity contribution in [2.75, 3.05) is 20.8 Å². The van der Waals surface area contributed by atoms with Crippen LogP contribution in [0, 0.1) is 0 Å². The van der Waals surface area contributed by atoms with E-state index in [2.05, 4.69) is 31.3 Å². The first-order valence-corrected chi connectivity index (χ1v) is 7.15. The average Bonchev–Trinajstić information content (AvgIpc) is 2.45. The molecule has 1 aromatic carbocycles. The summed E-state index contributed by atoms with van der Waals surface area (Å²) in [5.74, 6) is 0.884. The van der Waals surface area contributed by atoms with Gasteiger partial charge in [-0.15, -0.1) is 0 Å². The molecule has 0 aliphatic rings. The Morgan fingerprint density at radius 1 is 1.16 bits per heavy atom. The summed E-state index contributed by atoms with van der Waals surface area (Å²) in [7, 11) is 3.66. The molecule has 0 spiro atoms. The highest BCUT2D eigenvalue weighted by Gasteiger charge is 2.17. The summed E-state index contributed by atoms with van der Waals surface area (Å²) in [5.41, 5.74) is 1.23. The number of methoxy groups -OCH3 is 1. The van der Waals surface area contributed by atoms with E-state index in [9.17, 15) is 0 Å². The molecule has 0 aliphatic carbocycles. The predicted molar refractivity (Wildman–Crippen MR) is 79.7 cm³/mol. The largest absolute Gasteiger partial charge is 0.497 e. The van der Waals surface area contributed by atoms with Gasteiger partial charge in [-0.25, -0.2) is 0 Å². The van der Waals surface area contributed by atoms with Crippen LogP contribution in [0.2, 0.25) is 0 Å². The number of rotatable bonds is 9. The van der Waals surface area contributed by atoms with Crippen molar-refractivity contribution in [1.29, 1.82) is 0 Å². The summed E-state index contributed by atoms with van der Waals surface area (Å²) in [5, 5.41) is 3.33. The molecule has 0 aliphatic heterocycles. The van der Waals surface area contributed by atoms with Crippen LogP contribution in [0.5, 0.6) is 5.75 Å². The van der Waals surface area contributed by atoms with Gasteiger partial charge in [0.15, 0.2) is 0 Å². The fraction of sp³-hybridized carbons (Fsp3) is 0.625. The van der Waals surface area contributed by atoms with Crippen LogP contribution in [0.25, 0.3) is 0 Å². The van der Waals surface area contributed by atoms with Crippen molar-refractivity contribution in [3.63, 3.8) is 0 Å². The summed E-state index contributed by atoms with van der Waals surface area (Å²) in [6.45, 7) is 5.16. The number of hydrogen-bond donors (Lipinski definition) is 1. The molecule has 3 nitrogen and oxygen atoms in total. The van der Waals surface area contributed by atoms with Gasteiger partial charge in [0, 0.05) is 6.61 Å². The van der Waals surface area contributed by atoms with Gasteiger partial charge in [0.05, 0.1) is 19.3 Å². The van der Waals surface area contributed by atoms with Gasteiger partial charge in [0.2, 0.25) is 0 Å². The monoisotopic (exact) mass is 265 g/mol. The van der Waals surface area contributed by atoms with Gasteiger partial charge in [0.1, 0.15) is 5.75 Å². The van der Waals surface area contributed by atoms with Gasteiger partial charge >= 0.3 is 0 Å². The van der Waals surface area contributed by atoms with E-state index >= 15 is 0 Å². The van der Waals surface area contributed by atoms with Crippen LogP contribution in [0.1, 0.15) is 44.7 Å². The van der Waals surface area contributed by atoms with Crippen molar-refractivity contribution in [1.82, 2.24) is 5.32 Å². The van der Waals surface area contributed by atoms with Crippen molar-refractivity contribution in [3.8, 4) is 5.75 Å². The fourth-order valence-electron chi connectivity index (χ4n) is 2.20. The first-order valence-electron chi connectivity index (χ1n) is 7.15. The lowest BCUT2D eigenvalue weighted by Crippen LogP contribution is -2.29. The van der Waals surface area contributed by atoms with Gasteiger partial charge in [-0.05, 0) is 38.1 Å². The lowest BCUT2D eigenvalue weighted by molar-refractivity contribution is 0.0381. The fourth-order valence-corrected chi connectivity index (χ4v) is 2.20. The van der Waals surface area contributed by atoms with Crippen molar-refractivity contribution in [2.45, 2.75) is 45.3 Å². The highest BCUT2D eigenvalue weighted by atomic mass is 16.5. The van der Waals surface area contributed by atoms with Crippen LogP contribution < -0.4 is 10.1 Å². The Balaban J connectivity index is 2.54. The number of nitrogens with one attached hydrogen (secondary N) is 1. The second-order valence-corrected chi connectivity index (χ2v) is 4.82. The maximum atomic E-state index is 5.91. The molecule has 0 bridgehead atoms. The third kappa shape index (κ3) is 5.21. The number of benzene rings is 1. The molecule has 1 aromatic rings. The Kier molecular flexibility index (Phi) is 7.53. The molecule has 0 heterocycles. The zero-order chi connectivity index (χ0) is 14.1. The molecule has 2 atom stereocenters. The minimum Gasteiger partial charge on any atom is -0.497 e. The van der Waals surface area contributed by atoms with Gasteiger partial charge in [-0.2, -0.15) is 0 Å². The van der Waals surface area contributed by atoms with Crippen LogP contribution in [0.15, 0.2) is 24.3 Å². The minimum atomic E-state index is 0.162. The number of hydrogen-bond acceptors (Lipinski definition) is 3. The number of ether oxygens (including phenoxy) is 2. The van der Waals surface area contributed by atoms with Crippen LogP contribution in [-0.4, -0.2) is 26.9 Å². The lowest BCUT2D eigenvalue weighted by Gasteiger charge is -2.24. The van der Waals surface area contributed by atoms with E-state index in [0.29, 0.717) is 0 Å². The van der Waals surface area contributed by atoms with E-state index in [-0.39, 0.29) is 12.1 Å². The molecule has 0 fully saturated rings. The van der Waals surface area contributed by atoms with E-state index in [1.165, 1.54) is 18.4 Å². The molecule has 1 rings (SSSR count). The molecule has 0 amide bonds. The van der Waals surface area contributed by atoms with Crippen molar-refractivity contribution >= 4 is 0 Å². The zero-order valence-electron chi connectivity index (χ0n) is 12.6. The number of likely N-dealkylation sites (N-methyl/N-ethyl adjacent to an activating group) is 1. The SMILES string of the molecule is CCCCCOC(C)C(NC)c1ccc(OC)cc1. The molecular formula is C16H27NO2. The van der Waals surface area contributed by atoms with E-state index in [0.717, 1.165) is 18.8 Å². The van der Waals surface area contributed by atoms with Gasteiger partial charge < -0.3 is 14.8 Å². The van der Waals surface area contributed by atoms with Crippen LogP contribution >= 0.6 is 0 Å². The molecule has 0 saturated carbocycles. The van der Waals surface area contributed by atoms with E-state index in [1.807, 2.05) is 19.2 Å². The summed E-state index contributed by atoms with van der Waals surface area (Å²) in [6.07, 6.45) is 3.76. The van der Waals surface area contributed by atoms with Crippen LogP contribution in [0.3, 0.4) is 0 Å². The molecule has 0 saturated heterocycles. The van der Waals surface area contributed by atoms with Crippen LogP contribution in [-0.2, 0) is 4.74 Å². The lowest BCUT2D eigenvalue weighted by atomic mass is 10.0. The maximum Gasteiger partial charge on any atom is 0.118 e. The highest BCUT2D eigenvalue weighted by molar-refractivity contribution is 5.29. The second kappa shape index (κ2) is 8.94. The Morgan fingerprint density at radius 3 is 2.37 bits per heavy atom. The summed E-state index contributed by atoms with van der Waals surface area (Å²) < 4.78 is 11.1. The molecule has 19 heavy (non-hydrogen) atoms. The van der Waals surface area contributed by atoms with Crippen molar-refractivity contribution in [3.05, 3.63) is 29.8 Å². The third-order valence-corrected chi connectivity index (χ3v) is 3.38. The zero-order valence-corrected chi connectivity index (χ0v) is 12.6. The normalized spacial score (nSPS) is 14.1. The predicted octanol–water partition coefficient (Wildman–Crippen LogP) is 3.55. The van der Waals surface area contributed by atoms with Gasteiger partial charge in [-0.3, -0.25) is 0 Å². The van der Waals surface area contributed by atoms with E-state index < -0.39 is 0 Å². The smallest absolute Gasteiger partial charge is 0.118 e. The molecular weight excluding hydrogens is 238 g/mol. The van der Waals surface area contributed by atoms with Crippen molar-refractivity contribution < 1.29 is 9.47 Å². The quantitative estimate of drug-likeness (QED) is 0.693. The third-order valence-electron chi connectivity index (χ3n) is 3.38. The standard InChI is InChI=1S/C16H27NO2/c1-5-6-7-12-19-13(2)16(17-3)14-8-10-15(18-4)11-9-14/h8-11,13,16-17H,5-7,12H2,1-4H3. The van der Waals surface area contributed by atoms with Gasteiger partial charge in [-0.1, -0.05) is 31.9 Å².